The van der Waals surface area contributed by atoms with Crippen molar-refractivity contribution in [1.29, 1.82) is 15.8 Å². The highest BCUT2D eigenvalue weighted by Crippen LogP contribution is 2.45. The van der Waals surface area contributed by atoms with Gasteiger partial charge in [-0.3, -0.25) is 0 Å². The fraction of sp³-hybridized carbons (Fsp3) is 0.195. The summed E-state index contributed by atoms with van der Waals surface area (Å²) >= 11 is 0. The highest BCUT2D eigenvalue weighted by molar-refractivity contribution is 6.12. The van der Waals surface area contributed by atoms with Crippen molar-refractivity contribution in [3.8, 4) is 97.1 Å². The molecule has 90 heavy (non-hydrogen) atoms. The molecule has 3 aromatic heterocycles. The summed E-state index contributed by atoms with van der Waals surface area (Å²) in [4.78, 5) is 16.9. The molecular formula is C82H70N8. The lowest BCUT2D eigenvalue weighted by molar-refractivity contribution is 0.590. The van der Waals surface area contributed by atoms with E-state index in [1.807, 2.05) is 60.7 Å². The summed E-state index contributed by atoms with van der Waals surface area (Å²) in [5.74, 6) is 1.41. The van der Waals surface area contributed by atoms with Crippen molar-refractivity contribution in [2.24, 2.45) is 0 Å². The van der Waals surface area contributed by atoms with Crippen molar-refractivity contribution in [2.45, 2.75) is 105 Å². The Kier molecular flexibility index (Phi) is 14.2. The van der Waals surface area contributed by atoms with Crippen LogP contribution in [0.15, 0.2) is 206 Å². The van der Waals surface area contributed by atoms with E-state index < -0.39 is 0 Å². The van der Waals surface area contributed by atoms with Crippen molar-refractivity contribution < 1.29 is 0 Å². The first-order chi connectivity index (χ1) is 42.9. The molecule has 0 saturated heterocycles. The average molecular weight is 1170 g/mol. The van der Waals surface area contributed by atoms with Crippen LogP contribution in [0.2, 0.25) is 0 Å². The number of hydrogen-bond acceptors (Lipinski definition) is 6. The van der Waals surface area contributed by atoms with Crippen molar-refractivity contribution in [1.82, 2.24) is 24.1 Å². The minimum absolute atomic E-state index is 0.110. The van der Waals surface area contributed by atoms with Crippen molar-refractivity contribution >= 4 is 43.6 Å². The molecule has 8 heteroatoms. The summed E-state index contributed by atoms with van der Waals surface area (Å²) in [6.07, 6.45) is 0. The van der Waals surface area contributed by atoms with Crippen LogP contribution in [0.1, 0.15) is 122 Å². The molecule has 0 atom stereocenters. The molecule has 0 aliphatic rings. The number of aromatic nitrogens is 5. The Morgan fingerprint density at radius 1 is 0.278 bits per heavy atom. The van der Waals surface area contributed by atoms with Crippen molar-refractivity contribution in [2.75, 3.05) is 0 Å². The molecule has 0 unspecified atom stereocenters. The van der Waals surface area contributed by atoms with Gasteiger partial charge >= 0.3 is 0 Å². The summed E-state index contributed by atoms with van der Waals surface area (Å²) in [5, 5.41) is 34.6. The monoisotopic (exact) mass is 1170 g/mol. The van der Waals surface area contributed by atoms with Gasteiger partial charge in [0, 0.05) is 38.2 Å². The topological polar surface area (TPSA) is 120 Å². The number of rotatable bonds is 8. The molecule has 0 fully saturated rings. The van der Waals surface area contributed by atoms with Gasteiger partial charge in [-0.15, -0.1) is 0 Å². The molecule has 10 aromatic carbocycles. The summed E-state index contributed by atoms with van der Waals surface area (Å²) in [5.41, 5.74) is 20.1. The largest absolute Gasteiger partial charge is 0.308 e. The minimum atomic E-state index is -0.110. The van der Waals surface area contributed by atoms with Gasteiger partial charge in [0.1, 0.15) is 0 Å². The van der Waals surface area contributed by atoms with Gasteiger partial charge in [-0.05, 0) is 186 Å². The second-order valence-corrected chi connectivity index (χ2v) is 28.0. The first kappa shape index (κ1) is 58.3. The van der Waals surface area contributed by atoms with E-state index in [4.69, 9.17) is 15.0 Å². The van der Waals surface area contributed by atoms with E-state index >= 15 is 0 Å². The zero-order valence-corrected chi connectivity index (χ0v) is 53.2. The molecule has 0 aliphatic heterocycles. The van der Waals surface area contributed by atoms with Crippen LogP contribution in [0.5, 0.6) is 0 Å². The minimum Gasteiger partial charge on any atom is -0.308 e. The van der Waals surface area contributed by atoms with E-state index in [1.54, 1.807) is 0 Å². The normalized spacial score (nSPS) is 12.2. The van der Waals surface area contributed by atoms with E-state index in [0.29, 0.717) is 34.2 Å². The molecule has 0 N–H and O–H groups in total. The smallest absolute Gasteiger partial charge is 0.166 e. The lowest BCUT2D eigenvalue weighted by Gasteiger charge is -2.20. The van der Waals surface area contributed by atoms with Crippen molar-refractivity contribution in [3.63, 3.8) is 0 Å². The van der Waals surface area contributed by atoms with Gasteiger partial charge in [-0.1, -0.05) is 180 Å². The maximum atomic E-state index is 10.2. The van der Waals surface area contributed by atoms with Gasteiger partial charge in [-0.2, -0.15) is 15.8 Å². The lowest BCUT2D eigenvalue weighted by atomic mass is 9.85. The van der Waals surface area contributed by atoms with Gasteiger partial charge < -0.3 is 9.13 Å². The van der Waals surface area contributed by atoms with Gasteiger partial charge in [0.2, 0.25) is 0 Å². The standard InChI is InChI=1S/C82H70N8/c1-79(2,3)60-29-35-70-66(43-60)67-44-61(80(4,5)6)30-36-71(67)89(70)74-41-58(56-17-13-15-51(39-56)48-84)27-33-64(74)77-86-76(55-25-23-54(24-26-55)53-21-19-50(47-83)20-22-53)87-78(88-77)65-34-28-59(57-18-14-16-52(40-57)49-85)42-75(65)90-72-37-31-62(81(7,8)9)45-68(72)69-46-63(82(10,11)12)32-38-73(69)90/h13-46H,1-12H3. The third-order valence-electron chi connectivity index (χ3n) is 17.7. The van der Waals surface area contributed by atoms with E-state index in [-0.39, 0.29) is 21.7 Å². The van der Waals surface area contributed by atoms with E-state index in [9.17, 15) is 15.8 Å². The third-order valence-corrected chi connectivity index (χ3v) is 17.7. The summed E-state index contributed by atoms with van der Waals surface area (Å²) in [7, 11) is 0. The Hall–Kier alpha value is -10.7. The summed E-state index contributed by atoms with van der Waals surface area (Å²) in [6, 6.07) is 78.9. The molecule has 13 rings (SSSR count). The van der Waals surface area contributed by atoms with Crippen LogP contribution in [-0.2, 0) is 21.7 Å². The maximum absolute atomic E-state index is 10.2. The Labute approximate surface area is 527 Å². The zero-order chi connectivity index (χ0) is 63.2. The van der Waals surface area contributed by atoms with Crippen LogP contribution in [0.25, 0.3) is 123 Å². The number of hydrogen-bond donors (Lipinski definition) is 0. The molecule has 13 aromatic rings. The quantitative estimate of drug-likeness (QED) is 0.149. The summed E-state index contributed by atoms with van der Waals surface area (Å²) < 4.78 is 4.74. The number of benzene rings is 10. The Morgan fingerprint density at radius 3 is 0.911 bits per heavy atom. The molecule has 438 valence electrons. The van der Waals surface area contributed by atoms with Crippen LogP contribution in [-0.4, -0.2) is 24.1 Å². The van der Waals surface area contributed by atoms with Gasteiger partial charge in [0.15, 0.2) is 17.5 Å². The SMILES string of the molecule is CC(C)(C)c1ccc2c(c1)c1cc(C(C)(C)C)ccc1n2-c1cc(-c2cccc(C#N)c2)ccc1-c1nc(-c2ccc(-c3ccc(C#N)cc3)cc2)nc(-c2ccc(-c3cccc(C#N)c3)cc2-n2c3ccc(C(C)(C)C)cc3c3cc(C(C)(C)C)ccc32)n1. The highest BCUT2D eigenvalue weighted by atomic mass is 15.1. The molecule has 0 aliphatic carbocycles. The first-order valence-electron chi connectivity index (χ1n) is 30.8. The maximum Gasteiger partial charge on any atom is 0.166 e. The molecule has 0 spiro atoms. The fourth-order valence-corrected chi connectivity index (χ4v) is 12.4. The average Bonchev–Trinajstić information content (AvgIpc) is 1.56. The van der Waals surface area contributed by atoms with E-state index in [2.05, 4.69) is 256 Å². The lowest BCUT2D eigenvalue weighted by Crippen LogP contribution is -2.10. The Morgan fingerprint density at radius 2 is 0.578 bits per heavy atom. The molecular weight excluding hydrogens is 1100 g/mol. The fourth-order valence-electron chi connectivity index (χ4n) is 12.4. The molecule has 0 amide bonds. The van der Waals surface area contributed by atoms with E-state index in [1.165, 1.54) is 22.3 Å². The van der Waals surface area contributed by atoms with Gasteiger partial charge in [-0.25, -0.2) is 15.0 Å². The van der Waals surface area contributed by atoms with Gasteiger partial charge in [0.05, 0.1) is 68.3 Å². The second-order valence-electron chi connectivity index (χ2n) is 28.0. The van der Waals surface area contributed by atoms with Crippen molar-refractivity contribution in [3.05, 3.63) is 245 Å². The Balaban J connectivity index is 1.13. The van der Waals surface area contributed by atoms with Crippen LogP contribution in [0.3, 0.4) is 0 Å². The molecule has 0 bridgehead atoms. The predicted octanol–water partition coefficient (Wildman–Crippen LogP) is 20.9. The van der Waals surface area contributed by atoms with Crippen LogP contribution >= 0.6 is 0 Å². The van der Waals surface area contributed by atoms with Crippen LogP contribution in [0.4, 0.5) is 0 Å². The number of nitrogens with zero attached hydrogens (tertiary/aromatic N) is 8. The number of nitriles is 3. The van der Waals surface area contributed by atoms with Gasteiger partial charge in [0.25, 0.3) is 0 Å². The first-order valence-corrected chi connectivity index (χ1v) is 30.8. The summed E-state index contributed by atoms with van der Waals surface area (Å²) in [6.45, 7) is 27.2. The van der Waals surface area contributed by atoms with E-state index in [0.717, 1.165) is 105 Å². The third kappa shape index (κ3) is 10.7. The molecule has 0 saturated carbocycles. The van der Waals surface area contributed by atoms with Crippen LogP contribution in [0, 0.1) is 34.0 Å². The predicted molar refractivity (Wildman–Crippen MR) is 370 cm³/mol. The molecule has 8 nitrogen and oxygen atoms in total. The zero-order valence-electron chi connectivity index (χ0n) is 53.2. The second kappa shape index (κ2) is 21.8. The number of fused-ring (bicyclic) bond motifs is 6. The highest BCUT2D eigenvalue weighted by Gasteiger charge is 2.28. The van der Waals surface area contributed by atoms with Crippen LogP contribution < -0.4 is 0 Å². The molecule has 3 heterocycles. The Bertz CT molecular complexity index is 4760. The molecule has 0 radical (unpaired) electrons.